The number of ether oxygens (including phenoxy) is 1. The highest BCUT2D eigenvalue weighted by atomic mass is 16.5. The summed E-state index contributed by atoms with van der Waals surface area (Å²) in [7, 11) is 0. The van der Waals surface area contributed by atoms with Crippen LogP contribution in [-0.4, -0.2) is 23.3 Å². The summed E-state index contributed by atoms with van der Waals surface area (Å²) in [6.07, 6.45) is 4.51. The molecule has 0 spiro atoms. The molecule has 17 heavy (non-hydrogen) atoms. The molecule has 0 atom stereocenters. The lowest BCUT2D eigenvalue weighted by molar-refractivity contribution is 0.201. The first-order valence-corrected chi connectivity index (χ1v) is 5.60. The van der Waals surface area contributed by atoms with E-state index in [0.29, 0.717) is 6.61 Å². The topological polar surface area (TPSA) is 42.4 Å². The van der Waals surface area contributed by atoms with Crippen molar-refractivity contribution >= 4 is 0 Å². The second kappa shape index (κ2) is 6.01. The second-order valence-electron chi connectivity index (χ2n) is 3.75. The molecule has 3 heteroatoms. The monoisotopic (exact) mass is 229 g/mol. The van der Waals surface area contributed by atoms with Gasteiger partial charge in [-0.15, -0.1) is 0 Å². The van der Waals surface area contributed by atoms with Crippen LogP contribution in [-0.2, 0) is 6.42 Å². The standard InChI is InChI=1S/C14H15NO2/c16-8-9-17-14-5-3-12(4-6-14)10-13-2-1-7-15-11-13/h1-7,11,16H,8-10H2. The summed E-state index contributed by atoms with van der Waals surface area (Å²) in [4.78, 5) is 4.09. The zero-order chi connectivity index (χ0) is 11.9. The van der Waals surface area contributed by atoms with Crippen LogP contribution >= 0.6 is 0 Å². The molecule has 1 N–H and O–H groups in total. The summed E-state index contributed by atoms with van der Waals surface area (Å²) in [6.45, 7) is 0.374. The fourth-order valence-electron chi connectivity index (χ4n) is 1.61. The van der Waals surface area contributed by atoms with Crippen LogP contribution in [0.5, 0.6) is 5.75 Å². The Labute approximate surface area is 101 Å². The molecule has 0 aliphatic heterocycles. The molecule has 0 saturated carbocycles. The molecule has 88 valence electrons. The van der Waals surface area contributed by atoms with Crippen LogP contribution in [0.25, 0.3) is 0 Å². The van der Waals surface area contributed by atoms with Gasteiger partial charge in [-0.05, 0) is 35.7 Å². The van der Waals surface area contributed by atoms with Crippen molar-refractivity contribution in [3.63, 3.8) is 0 Å². The van der Waals surface area contributed by atoms with Gasteiger partial charge in [0.2, 0.25) is 0 Å². The van der Waals surface area contributed by atoms with E-state index in [1.54, 1.807) is 6.20 Å². The average molecular weight is 229 g/mol. The average Bonchev–Trinajstić information content (AvgIpc) is 2.39. The maximum atomic E-state index is 8.65. The van der Waals surface area contributed by atoms with Crippen molar-refractivity contribution in [1.82, 2.24) is 4.98 Å². The van der Waals surface area contributed by atoms with Crippen LogP contribution in [0.3, 0.4) is 0 Å². The van der Waals surface area contributed by atoms with E-state index in [9.17, 15) is 0 Å². The predicted octanol–water partition coefficient (Wildman–Crippen LogP) is 2.04. The maximum Gasteiger partial charge on any atom is 0.119 e. The summed E-state index contributed by atoms with van der Waals surface area (Å²) < 4.78 is 5.30. The molecular weight excluding hydrogens is 214 g/mol. The van der Waals surface area contributed by atoms with Gasteiger partial charge in [0.25, 0.3) is 0 Å². The van der Waals surface area contributed by atoms with Crippen molar-refractivity contribution in [1.29, 1.82) is 0 Å². The molecule has 0 amide bonds. The summed E-state index contributed by atoms with van der Waals surface area (Å²) in [5, 5.41) is 8.65. The first-order chi connectivity index (χ1) is 8.38. The maximum absolute atomic E-state index is 8.65. The molecule has 1 aromatic carbocycles. The largest absolute Gasteiger partial charge is 0.491 e. The number of aliphatic hydroxyl groups excluding tert-OH is 1. The minimum atomic E-state index is 0.0391. The van der Waals surface area contributed by atoms with E-state index in [1.165, 1.54) is 11.1 Å². The quantitative estimate of drug-likeness (QED) is 0.853. The van der Waals surface area contributed by atoms with E-state index in [-0.39, 0.29) is 6.61 Å². The zero-order valence-electron chi connectivity index (χ0n) is 9.54. The summed E-state index contributed by atoms with van der Waals surface area (Å²) in [6, 6.07) is 11.9. The first kappa shape index (κ1) is 11.6. The lowest BCUT2D eigenvalue weighted by atomic mass is 10.1. The Morgan fingerprint density at radius 1 is 1.06 bits per heavy atom. The van der Waals surface area contributed by atoms with Crippen LogP contribution < -0.4 is 4.74 Å². The normalized spacial score (nSPS) is 10.2. The van der Waals surface area contributed by atoms with Gasteiger partial charge in [-0.2, -0.15) is 0 Å². The van der Waals surface area contributed by atoms with Crippen molar-refractivity contribution in [2.75, 3.05) is 13.2 Å². The van der Waals surface area contributed by atoms with Gasteiger partial charge in [-0.25, -0.2) is 0 Å². The van der Waals surface area contributed by atoms with Crippen LogP contribution in [0.2, 0.25) is 0 Å². The van der Waals surface area contributed by atoms with Crippen LogP contribution in [0.15, 0.2) is 48.8 Å². The third-order valence-corrected chi connectivity index (χ3v) is 2.41. The third-order valence-electron chi connectivity index (χ3n) is 2.41. The van der Waals surface area contributed by atoms with Gasteiger partial charge < -0.3 is 9.84 Å². The van der Waals surface area contributed by atoms with Crippen molar-refractivity contribution < 1.29 is 9.84 Å². The lowest BCUT2D eigenvalue weighted by Gasteiger charge is -2.05. The number of nitrogens with zero attached hydrogens (tertiary/aromatic N) is 1. The van der Waals surface area contributed by atoms with Crippen LogP contribution in [0.1, 0.15) is 11.1 Å². The number of aromatic nitrogens is 1. The highest BCUT2D eigenvalue weighted by molar-refractivity contribution is 5.30. The Hall–Kier alpha value is -1.87. The molecule has 2 aromatic rings. The molecule has 0 aliphatic carbocycles. The molecule has 0 bridgehead atoms. The summed E-state index contributed by atoms with van der Waals surface area (Å²) >= 11 is 0. The number of benzene rings is 1. The Balaban J connectivity index is 1.98. The molecule has 0 unspecified atom stereocenters. The van der Waals surface area contributed by atoms with Gasteiger partial charge >= 0.3 is 0 Å². The van der Waals surface area contributed by atoms with E-state index >= 15 is 0 Å². The molecule has 0 aliphatic rings. The molecule has 0 radical (unpaired) electrons. The van der Waals surface area contributed by atoms with Gasteiger partial charge in [-0.1, -0.05) is 18.2 Å². The highest BCUT2D eigenvalue weighted by Crippen LogP contribution is 2.14. The highest BCUT2D eigenvalue weighted by Gasteiger charge is 1.97. The van der Waals surface area contributed by atoms with E-state index in [4.69, 9.17) is 9.84 Å². The first-order valence-electron chi connectivity index (χ1n) is 5.60. The smallest absolute Gasteiger partial charge is 0.119 e. The molecule has 1 heterocycles. The molecule has 2 rings (SSSR count). The minimum Gasteiger partial charge on any atom is -0.491 e. The Kier molecular flexibility index (Phi) is 4.11. The Morgan fingerprint density at radius 2 is 1.88 bits per heavy atom. The van der Waals surface area contributed by atoms with Gasteiger partial charge in [0.15, 0.2) is 0 Å². The van der Waals surface area contributed by atoms with E-state index in [1.807, 2.05) is 36.5 Å². The number of hydrogen-bond acceptors (Lipinski definition) is 3. The van der Waals surface area contributed by atoms with Gasteiger partial charge in [0.1, 0.15) is 12.4 Å². The van der Waals surface area contributed by atoms with Gasteiger partial charge in [0.05, 0.1) is 6.61 Å². The minimum absolute atomic E-state index is 0.0391. The van der Waals surface area contributed by atoms with Gasteiger partial charge in [-0.3, -0.25) is 4.98 Å². The van der Waals surface area contributed by atoms with E-state index < -0.39 is 0 Å². The summed E-state index contributed by atoms with van der Waals surface area (Å²) in [5.41, 5.74) is 2.41. The second-order valence-corrected chi connectivity index (χ2v) is 3.75. The third kappa shape index (κ3) is 3.57. The molecule has 0 saturated heterocycles. The van der Waals surface area contributed by atoms with Gasteiger partial charge in [0, 0.05) is 12.4 Å². The predicted molar refractivity (Wildman–Crippen MR) is 66.1 cm³/mol. The molecule has 0 fully saturated rings. The molecule has 1 aromatic heterocycles. The van der Waals surface area contributed by atoms with Crippen LogP contribution in [0.4, 0.5) is 0 Å². The fraction of sp³-hybridized carbons (Fsp3) is 0.214. The SMILES string of the molecule is OCCOc1ccc(Cc2cccnc2)cc1. The fourth-order valence-corrected chi connectivity index (χ4v) is 1.61. The zero-order valence-corrected chi connectivity index (χ0v) is 9.54. The van der Waals surface area contributed by atoms with Crippen molar-refractivity contribution in [2.24, 2.45) is 0 Å². The number of pyridine rings is 1. The van der Waals surface area contributed by atoms with Crippen molar-refractivity contribution in [3.8, 4) is 5.75 Å². The van der Waals surface area contributed by atoms with E-state index in [0.717, 1.165) is 12.2 Å². The van der Waals surface area contributed by atoms with E-state index in [2.05, 4.69) is 11.1 Å². The number of aliphatic hydroxyl groups is 1. The molecule has 3 nitrogen and oxygen atoms in total. The molecular formula is C14H15NO2. The van der Waals surface area contributed by atoms with Crippen molar-refractivity contribution in [2.45, 2.75) is 6.42 Å². The summed E-state index contributed by atoms with van der Waals surface area (Å²) in [5.74, 6) is 0.786. The number of hydrogen-bond donors (Lipinski definition) is 1. The Bertz CT molecular complexity index is 440. The van der Waals surface area contributed by atoms with Crippen LogP contribution in [0, 0.1) is 0 Å². The number of rotatable bonds is 5. The Morgan fingerprint density at radius 3 is 2.53 bits per heavy atom. The lowest BCUT2D eigenvalue weighted by Crippen LogP contribution is -2.01. The van der Waals surface area contributed by atoms with Crippen molar-refractivity contribution in [3.05, 3.63) is 59.9 Å².